The SMILES string of the molecule is Cc1ccc(Cl)cc1N1C(=NC(=O)Cc2ccccc2)S[C@H]2CS(=O)(=O)C[C@@H]21. The molecule has 0 unspecified atom stereocenters. The largest absolute Gasteiger partial charge is 0.315 e. The van der Waals surface area contributed by atoms with Crippen molar-refractivity contribution < 1.29 is 13.2 Å². The third-order valence-electron chi connectivity index (χ3n) is 4.92. The monoisotopic (exact) mass is 434 g/mol. The van der Waals surface area contributed by atoms with Gasteiger partial charge in [0.05, 0.1) is 24.0 Å². The lowest BCUT2D eigenvalue weighted by Crippen LogP contribution is -2.38. The Hall–Kier alpha value is -1.83. The molecule has 2 aromatic rings. The summed E-state index contributed by atoms with van der Waals surface area (Å²) in [5.41, 5.74) is 2.65. The third-order valence-corrected chi connectivity index (χ3v) is 8.36. The number of benzene rings is 2. The summed E-state index contributed by atoms with van der Waals surface area (Å²) in [4.78, 5) is 18.8. The van der Waals surface area contributed by atoms with Crippen molar-refractivity contribution in [3.63, 3.8) is 0 Å². The molecule has 2 atom stereocenters. The molecule has 4 rings (SSSR count). The smallest absolute Gasteiger partial charge is 0.252 e. The van der Waals surface area contributed by atoms with E-state index < -0.39 is 9.84 Å². The van der Waals surface area contributed by atoms with Crippen molar-refractivity contribution in [2.45, 2.75) is 24.6 Å². The zero-order chi connectivity index (χ0) is 19.9. The number of carbonyl (C=O) groups excluding carboxylic acids is 1. The molecule has 28 heavy (non-hydrogen) atoms. The summed E-state index contributed by atoms with van der Waals surface area (Å²) in [7, 11) is -3.11. The molecule has 0 radical (unpaired) electrons. The predicted molar refractivity (Wildman–Crippen MR) is 115 cm³/mol. The highest BCUT2D eigenvalue weighted by Gasteiger charge is 2.49. The number of hydrogen-bond donors (Lipinski definition) is 0. The van der Waals surface area contributed by atoms with E-state index >= 15 is 0 Å². The molecule has 1 amide bonds. The molecular weight excluding hydrogens is 416 g/mol. The third kappa shape index (κ3) is 3.97. The summed E-state index contributed by atoms with van der Waals surface area (Å²) in [5, 5.41) is 0.979. The van der Waals surface area contributed by atoms with Gasteiger partial charge < -0.3 is 4.90 Å². The van der Waals surface area contributed by atoms with Crippen molar-refractivity contribution in [2.24, 2.45) is 4.99 Å². The van der Waals surface area contributed by atoms with Gasteiger partial charge in [0.2, 0.25) is 0 Å². The lowest BCUT2D eigenvalue weighted by atomic mass is 10.1. The van der Waals surface area contributed by atoms with E-state index in [4.69, 9.17) is 11.6 Å². The van der Waals surface area contributed by atoms with E-state index in [1.807, 2.05) is 54.3 Å². The van der Waals surface area contributed by atoms with E-state index in [1.165, 1.54) is 11.8 Å². The Kier molecular flexibility index (Phi) is 5.24. The van der Waals surface area contributed by atoms with Gasteiger partial charge in [-0.25, -0.2) is 8.42 Å². The second kappa shape index (κ2) is 7.54. The summed E-state index contributed by atoms with van der Waals surface area (Å²) in [6.45, 7) is 1.94. The summed E-state index contributed by atoms with van der Waals surface area (Å²) in [6.07, 6.45) is 0.209. The van der Waals surface area contributed by atoms with Gasteiger partial charge in [0.15, 0.2) is 15.0 Å². The maximum absolute atomic E-state index is 12.6. The molecule has 0 spiro atoms. The van der Waals surface area contributed by atoms with Crippen LogP contribution in [0.5, 0.6) is 0 Å². The van der Waals surface area contributed by atoms with Crippen molar-refractivity contribution in [1.82, 2.24) is 0 Å². The fraction of sp³-hybridized carbons (Fsp3) is 0.300. The molecule has 2 aliphatic heterocycles. The van der Waals surface area contributed by atoms with Gasteiger partial charge in [-0.1, -0.05) is 59.8 Å². The Morgan fingerprint density at radius 3 is 2.71 bits per heavy atom. The highest BCUT2D eigenvalue weighted by Crippen LogP contribution is 2.42. The number of nitrogens with zero attached hydrogens (tertiary/aromatic N) is 2. The Labute approximate surface area is 173 Å². The number of fused-ring (bicyclic) bond motifs is 1. The lowest BCUT2D eigenvalue weighted by molar-refractivity contribution is -0.117. The van der Waals surface area contributed by atoms with Crippen LogP contribution < -0.4 is 4.90 Å². The maximum Gasteiger partial charge on any atom is 0.252 e. The fourth-order valence-corrected chi connectivity index (χ4v) is 7.70. The van der Waals surface area contributed by atoms with Crippen molar-refractivity contribution in [1.29, 1.82) is 0 Å². The molecule has 8 heteroatoms. The Morgan fingerprint density at radius 2 is 1.96 bits per heavy atom. The minimum atomic E-state index is -3.11. The number of aliphatic imine (C=N–C) groups is 1. The van der Waals surface area contributed by atoms with Gasteiger partial charge >= 0.3 is 0 Å². The van der Waals surface area contributed by atoms with E-state index in [0.29, 0.717) is 10.2 Å². The molecule has 2 aromatic carbocycles. The first-order chi connectivity index (χ1) is 13.3. The molecule has 0 bridgehead atoms. The topological polar surface area (TPSA) is 66.8 Å². The molecule has 5 nitrogen and oxygen atoms in total. The minimum Gasteiger partial charge on any atom is -0.315 e. The Bertz CT molecular complexity index is 1050. The van der Waals surface area contributed by atoms with E-state index in [-0.39, 0.29) is 35.1 Å². The van der Waals surface area contributed by atoms with Crippen LogP contribution in [-0.4, -0.2) is 42.3 Å². The number of thioether (sulfide) groups is 1. The average molecular weight is 435 g/mol. The summed E-state index contributed by atoms with van der Waals surface area (Å²) in [6, 6.07) is 14.7. The van der Waals surface area contributed by atoms with Gasteiger partial charge in [0, 0.05) is 16.0 Å². The summed E-state index contributed by atoms with van der Waals surface area (Å²) >= 11 is 7.57. The van der Waals surface area contributed by atoms with Gasteiger partial charge in [0.1, 0.15) is 0 Å². The fourth-order valence-electron chi connectivity index (χ4n) is 3.60. The van der Waals surface area contributed by atoms with E-state index in [0.717, 1.165) is 16.8 Å². The van der Waals surface area contributed by atoms with Crippen LogP contribution in [0.25, 0.3) is 0 Å². The van der Waals surface area contributed by atoms with E-state index in [1.54, 1.807) is 6.07 Å². The molecule has 2 saturated heterocycles. The van der Waals surface area contributed by atoms with Crippen LogP contribution >= 0.6 is 23.4 Å². The number of carbonyl (C=O) groups is 1. The van der Waals surface area contributed by atoms with Gasteiger partial charge in [-0.15, -0.1) is 0 Å². The number of anilines is 1. The van der Waals surface area contributed by atoms with Crippen LogP contribution in [-0.2, 0) is 21.1 Å². The van der Waals surface area contributed by atoms with Crippen molar-refractivity contribution in [2.75, 3.05) is 16.4 Å². The standard InChI is InChI=1S/C20H19ClN2O3S2/c1-13-7-8-15(21)10-16(13)23-17-11-28(25,26)12-18(17)27-20(23)22-19(24)9-14-5-3-2-4-6-14/h2-8,10,17-18H,9,11-12H2,1H3/t17-,18-/m0/s1. The van der Waals surface area contributed by atoms with Gasteiger partial charge in [-0.3, -0.25) is 4.79 Å². The number of aryl methyl sites for hydroxylation is 1. The Morgan fingerprint density at radius 1 is 1.21 bits per heavy atom. The number of amidine groups is 1. The maximum atomic E-state index is 12.6. The zero-order valence-corrected chi connectivity index (χ0v) is 17.6. The number of hydrogen-bond acceptors (Lipinski definition) is 4. The van der Waals surface area contributed by atoms with Crippen LogP contribution in [0.2, 0.25) is 5.02 Å². The highest BCUT2D eigenvalue weighted by molar-refractivity contribution is 8.16. The number of rotatable bonds is 3. The molecular formula is C20H19ClN2O3S2. The molecule has 0 aromatic heterocycles. The van der Waals surface area contributed by atoms with E-state index in [9.17, 15) is 13.2 Å². The summed E-state index contributed by atoms with van der Waals surface area (Å²) < 4.78 is 24.3. The first kappa shape index (κ1) is 19.5. The summed E-state index contributed by atoms with van der Waals surface area (Å²) in [5.74, 6) is -0.0893. The first-order valence-corrected chi connectivity index (χ1v) is 12.0. The average Bonchev–Trinajstić information content (AvgIpc) is 3.09. The van der Waals surface area contributed by atoms with Gasteiger partial charge in [-0.05, 0) is 30.2 Å². The van der Waals surface area contributed by atoms with Crippen LogP contribution in [0.15, 0.2) is 53.5 Å². The van der Waals surface area contributed by atoms with Gasteiger partial charge in [0.25, 0.3) is 5.91 Å². The highest BCUT2D eigenvalue weighted by atomic mass is 35.5. The van der Waals surface area contributed by atoms with E-state index in [2.05, 4.69) is 4.99 Å². The lowest BCUT2D eigenvalue weighted by Gasteiger charge is -2.26. The van der Waals surface area contributed by atoms with Crippen molar-refractivity contribution in [3.8, 4) is 0 Å². The molecule has 2 heterocycles. The zero-order valence-electron chi connectivity index (χ0n) is 15.2. The van der Waals surface area contributed by atoms with Crippen LogP contribution in [0, 0.1) is 6.92 Å². The van der Waals surface area contributed by atoms with Crippen LogP contribution in [0.4, 0.5) is 5.69 Å². The van der Waals surface area contributed by atoms with Crippen molar-refractivity contribution in [3.05, 3.63) is 64.7 Å². The molecule has 2 fully saturated rings. The first-order valence-electron chi connectivity index (χ1n) is 8.90. The number of sulfone groups is 1. The number of amides is 1. The second-order valence-corrected chi connectivity index (χ2v) is 10.8. The van der Waals surface area contributed by atoms with Crippen LogP contribution in [0.1, 0.15) is 11.1 Å². The molecule has 0 saturated carbocycles. The van der Waals surface area contributed by atoms with Crippen LogP contribution in [0.3, 0.4) is 0 Å². The molecule has 0 N–H and O–H groups in total. The molecule has 0 aliphatic carbocycles. The van der Waals surface area contributed by atoms with Gasteiger partial charge in [-0.2, -0.15) is 4.99 Å². The normalized spacial score (nSPS) is 24.5. The second-order valence-electron chi connectivity index (χ2n) is 7.05. The van der Waals surface area contributed by atoms with Crippen molar-refractivity contribution >= 4 is 50.0 Å². The number of halogens is 1. The molecule has 2 aliphatic rings. The predicted octanol–water partition coefficient (Wildman–Crippen LogP) is 3.49. The quantitative estimate of drug-likeness (QED) is 0.739. The molecule has 146 valence electrons. The Balaban J connectivity index is 1.69. The minimum absolute atomic E-state index is 0.0581.